The van der Waals surface area contributed by atoms with Gasteiger partial charge in [0.15, 0.2) is 0 Å². The van der Waals surface area contributed by atoms with E-state index in [0.29, 0.717) is 23.7 Å². The van der Waals surface area contributed by atoms with E-state index in [2.05, 4.69) is 10.3 Å². The lowest BCUT2D eigenvalue weighted by molar-refractivity contribution is -0.116. The lowest BCUT2D eigenvalue weighted by Crippen LogP contribution is -2.22. The van der Waals surface area contributed by atoms with Crippen LogP contribution in [0.5, 0.6) is 0 Å². The summed E-state index contributed by atoms with van der Waals surface area (Å²) in [6.07, 6.45) is 0.840. The van der Waals surface area contributed by atoms with Crippen LogP contribution in [0.15, 0.2) is 36.4 Å². The third-order valence-corrected chi connectivity index (χ3v) is 4.52. The van der Waals surface area contributed by atoms with Crippen LogP contribution in [0.1, 0.15) is 30.6 Å². The summed E-state index contributed by atoms with van der Waals surface area (Å²) in [6, 6.07) is 9.32. The topological polar surface area (TPSA) is 93.2 Å². The predicted molar refractivity (Wildman–Crippen MR) is 108 cm³/mol. The molecule has 28 heavy (non-hydrogen) atoms. The number of imidazole rings is 1. The molecule has 1 heterocycles. The van der Waals surface area contributed by atoms with E-state index < -0.39 is 11.7 Å². The zero-order valence-electron chi connectivity index (χ0n) is 16.0. The number of nitrogens with one attached hydrogen (secondary N) is 1. The van der Waals surface area contributed by atoms with Crippen molar-refractivity contribution in [3.05, 3.63) is 47.8 Å². The second-order valence-electron chi connectivity index (χ2n) is 6.53. The van der Waals surface area contributed by atoms with Crippen molar-refractivity contribution < 1.29 is 14.0 Å². The number of nitrogens with two attached hydrogens (primary N) is 1. The van der Waals surface area contributed by atoms with Crippen molar-refractivity contribution >= 4 is 40.2 Å². The highest BCUT2D eigenvalue weighted by molar-refractivity contribution is 6.04. The first-order valence-corrected chi connectivity index (χ1v) is 8.92. The largest absolute Gasteiger partial charge is 0.396 e. The Labute approximate surface area is 162 Å². The molecule has 0 spiro atoms. The van der Waals surface area contributed by atoms with Crippen LogP contribution in [0.2, 0.25) is 0 Å². The molecule has 0 saturated heterocycles. The standard InChI is InChI=1S/C20H22FN5O2/c1-4-9-26-18-8-6-14(25(3)12(2)27)11-17(18)23-20(26)24-19(28)13-5-7-15(21)16(22)10-13/h5-8,10-11H,4,9,22H2,1-3H3,(H,23,24,28). The molecule has 0 atom stereocenters. The Hall–Kier alpha value is -3.42. The first-order valence-electron chi connectivity index (χ1n) is 8.92. The van der Waals surface area contributed by atoms with E-state index >= 15 is 0 Å². The number of nitrogens with zero attached hydrogens (tertiary/aromatic N) is 3. The number of fused-ring (bicyclic) bond motifs is 1. The van der Waals surface area contributed by atoms with Crippen molar-refractivity contribution in [1.29, 1.82) is 0 Å². The minimum absolute atomic E-state index is 0.0882. The van der Waals surface area contributed by atoms with Crippen molar-refractivity contribution in [2.45, 2.75) is 26.8 Å². The first-order chi connectivity index (χ1) is 13.3. The quantitative estimate of drug-likeness (QED) is 0.661. The van der Waals surface area contributed by atoms with Gasteiger partial charge in [0.1, 0.15) is 5.82 Å². The Balaban J connectivity index is 1.99. The second kappa shape index (κ2) is 7.67. The number of nitrogen functional groups attached to an aromatic ring is 1. The fourth-order valence-corrected chi connectivity index (χ4v) is 2.91. The molecule has 3 aromatic rings. The number of halogens is 1. The lowest BCUT2D eigenvalue weighted by Gasteiger charge is -2.14. The van der Waals surface area contributed by atoms with E-state index in [1.165, 1.54) is 24.0 Å². The number of anilines is 3. The number of carbonyl (C=O) groups excluding carboxylic acids is 2. The summed E-state index contributed by atoms with van der Waals surface area (Å²) >= 11 is 0. The van der Waals surface area contributed by atoms with Gasteiger partial charge in [-0.15, -0.1) is 0 Å². The molecular weight excluding hydrogens is 361 g/mol. The van der Waals surface area contributed by atoms with E-state index in [-0.39, 0.29) is 17.2 Å². The fourth-order valence-electron chi connectivity index (χ4n) is 2.91. The van der Waals surface area contributed by atoms with Crippen LogP contribution in [0.4, 0.5) is 21.7 Å². The van der Waals surface area contributed by atoms with Gasteiger partial charge in [-0.2, -0.15) is 0 Å². The molecule has 2 amide bonds. The van der Waals surface area contributed by atoms with E-state index in [1.807, 2.05) is 23.6 Å². The zero-order chi connectivity index (χ0) is 20.4. The molecule has 0 unspecified atom stereocenters. The number of rotatable bonds is 5. The average Bonchev–Trinajstić information content (AvgIpc) is 2.99. The Morgan fingerprint density at radius 3 is 2.64 bits per heavy atom. The van der Waals surface area contributed by atoms with E-state index in [4.69, 9.17) is 5.73 Å². The highest BCUT2D eigenvalue weighted by Gasteiger charge is 2.16. The molecule has 0 bridgehead atoms. The van der Waals surface area contributed by atoms with Crippen molar-refractivity contribution in [1.82, 2.24) is 9.55 Å². The number of benzene rings is 2. The summed E-state index contributed by atoms with van der Waals surface area (Å²) in [5, 5.41) is 2.77. The minimum atomic E-state index is -0.572. The van der Waals surface area contributed by atoms with Gasteiger partial charge in [-0.25, -0.2) is 9.37 Å². The number of aryl methyl sites for hydroxylation is 1. The third-order valence-electron chi connectivity index (χ3n) is 4.52. The smallest absolute Gasteiger partial charge is 0.258 e. The van der Waals surface area contributed by atoms with Gasteiger partial charge >= 0.3 is 0 Å². The molecule has 0 fully saturated rings. The van der Waals surface area contributed by atoms with Gasteiger partial charge in [0.25, 0.3) is 5.91 Å². The van der Waals surface area contributed by atoms with Gasteiger partial charge in [-0.3, -0.25) is 14.9 Å². The summed E-state index contributed by atoms with van der Waals surface area (Å²) < 4.78 is 15.3. The van der Waals surface area contributed by atoms with Gasteiger partial charge in [0, 0.05) is 31.8 Å². The molecule has 7 nitrogen and oxygen atoms in total. The molecule has 3 rings (SSSR count). The van der Waals surface area contributed by atoms with Crippen LogP contribution < -0.4 is 16.0 Å². The number of carbonyl (C=O) groups is 2. The SMILES string of the molecule is CCCn1c(NC(=O)c2ccc(F)c(N)c2)nc2cc(N(C)C(C)=O)ccc21. The van der Waals surface area contributed by atoms with Crippen molar-refractivity contribution in [2.75, 3.05) is 23.0 Å². The summed E-state index contributed by atoms with van der Waals surface area (Å²) in [5.41, 5.74) is 7.92. The van der Waals surface area contributed by atoms with Crippen molar-refractivity contribution in [3.63, 3.8) is 0 Å². The fraction of sp³-hybridized carbons (Fsp3) is 0.250. The molecule has 0 aliphatic heterocycles. The highest BCUT2D eigenvalue weighted by atomic mass is 19.1. The maximum Gasteiger partial charge on any atom is 0.258 e. The minimum Gasteiger partial charge on any atom is -0.396 e. The van der Waals surface area contributed by atoms with Crippen molar-refractivity contribution in [2.24, 2.45) is 0 Å². The lowest BCUT2D eigenvalue weighted by atomic mass is 10.2. The molecule has 8 heteroatoms. The summed E-state index contributed by atoms with van der Waals surface area (Å²) in [5.74, 6) is -0.709. The number of aromatic nitrogens is 2. The third kappa shape index (κ3) is 3.66. The molecular formula is C20H22FN5O2. The Morgan fingerprint density at radius 1 is 1.25 bits per heavy atom. The number of hydrogen-bond acceptors (Lipinski definition) is 4. The summed E-state index contributed by atoms with van der Waals surface area (Å²) in [4.78, 5) is 30.2. The Kier molecular flexibility index (Phi) is 5.30. The molecule has 0 aliphatic rings. The van der Waals surface area contributed by atoms with E-state index in [1.54, 1.807) is 13.1 Å². The van der Waals surface area contributed by atoms with Crippen LogP contribution in [0.25, 0.3) is 11.0 Å². The monoisotopic (exact) mass is 383 g/mol. The highest BCUT2D eigenvalue weighted by Crippen LogP contribution is 2.26. The first kappa shape index (κ1) is 19.3. The summed E-state index contributed by atoms with van der Waals surface area (Å²) in [7, 11) is 1.69. The molecule has 2 aromatic carbocycles. The van der Waals surface area contributed by atoms with Gasteiger partial charge in [0.05, 0.1) is 16.7 Å². The second-order valence-corrected chi connectivity index (χ2v) is 6.53. The van der Waals surface area contributed by atoms with Crippen LogP contribution >= 0.6 is 0 Å². The molecule has 0 saturated carbocycles. The average molecular weight is 383 g/mol. The van der Waals surface area contributed by atoms with Gasteiger partial charge < -0.3 is 15.2 Å². The van der Waals surface area contributed by atoms with Crippen LogP contribution in [0.3, 0.4) is 0 Å². The maximum atomic E-state index is 13.4. The van der Waals surface area contributed by atoms with Crippen LogP contribution in [0, 0.1) is 5.82 Å². The molecule has 1 aromatic heterocycles. The normalized spacial score (nSPS) is 10.9. The predicted octanol–water partition coefficient (Wildman–Crippen LogP) is 3.40. The zero-order valence-corrected chi connectivity index (χ0v) is 16.0. The van der Waals surface area contributed by atoms with E-state index in [9.17, 15) is 14.0 Å². The molecule has 0 radical (unpaired) electrons. The van der Waals surface area contributed by atoms with Crippen molar-refractivity contribution in [3.8, 4) is 0 Å². The van der Waals surface area contributed by atoms with Crippen LogP contribution in [-0.2, 0) is 11.3 Å². The van der Waals surface area contributed by atoms with E-state index in [0.717, 1.165) is 18.0 Å². The summed E-state index contributed by atoms with van der Waals surface area (Å²) in [6.45, 7) is 4.16. The molecule has 0 aliphatic carbocycles. The van der Waals surface area contributed by atoms with Gasteiger partial charge in [-0.1, -0.05) is 6.92 Å². The Morgan fingerprint density at radius 2 is 2.00 bits per heavy atom. The number of hydrogen-bond donors (Lipinski definition) is 2. The van der Waals surface area contributed by atoms with Gasteiger partial charge in [0.2, 0.25) is 11.9 Å². The molecule has 3 N–H and O–H groups in total. The van der Waals surface area contributed by atoms with Gasteiger partial charge in [-0.05, 0) is 42.8 Å². The maximum absolute atomic E-state index is 13.4. The van der Waals surface area contributed by atoms with Crippen LogP contribution in [-0.4, -0.2) is 28.4 Å². The number of amides is 2. The molecule has 146 valence electrons. The Bertz CT molecular complexity index is 1060.